The molecule has 0 amide bonds. The van der Waals surface area contributed by atoms with Gasteiger partial charge in [-0.2, -0.15) is 0 Å². The van der Waals surface area contributed by atoms with Crippen molar-refractivity contribution in [3.05, 3.63) is 150 Å². The van der Waals surface area contributed by atoms with Crippen LogP contribution in [0.4, 0.5) is 22.7 Å². The standard InChI is InChI=1S/C41H36N2/c1-29-17-23-35(24-18-29)43(34-15-9-4-10-16-34)39-28-22-31-19-25-36-38(27-21-30-20-26-37(39)41(31)40(30)36)42(32-11-5-2-6-12-32)33-13-7-3-8-14-33/h2-17,19-21,25-27,35H,18,22-24,28H2,1H3. The molecule has 0 radical (unpaired) electrons. The van der Waals surface area contributed by atoms with Crippen molar-refractivity contribution in [3.63, 3.8) is 0 Å². The van der Waals surface area contributed by atoms with Gasteiger partial charge in [0.2, 0.25) is 0 Å². The van der Waals surface area contributed by atoms with Crippen LogP contribution < -0.4 is 15.0 Å². The van der Waals surface area contributed by atoms with Crippen molar-refractivity contribution in [1.29, 1.82) is 0 Å². The Balaban J connectivity index is 1.39. The molecule has 2 heteroatoms. The van der Waals surface area contributed by atoms with Crippen molar-refractivity contribution in [2.24, 2.45) is 0 Å². The van der Waals surface area contributed by atoms with E-state index in [0.29, 0.717) is 6.04 Å². The van der Waals surface area contributed by atoms with Gasteiger partial charge in [-0.05, 0) is 103 Å². The zero-order valence-corrected chi connectivity index (χ0v) is 24.7. The lowest BCUT2D eigenvalue weighted by molar-refractivity contribution is 0.571. The van der Waals surface area contributed by atoms with E-state index in [0.717, 1.165) is 19.3 Å². The van der Waals surface area contributed by atoms with Crippen molar-refractivity contribution in [3.8, 4) is 0 Å². The Bertz CT molecular complexity index is 1970. The topological polar surface area (TPSA) is 6.48 Å². The van der Waals surface area contributed by atoms with Crippen molar-refractivity contribution in [1.82, 2.24) is 0 Å². The number of hydrogen-bond donors (Lipinski definition) is 0. The predicted molar refractivity (Wildman–Crippen MR) is 183 cm³/mol. The van der Waals surface area contributed by atoms with E-state index in [2.05, 4.69) is 150 Å². The van der Waals surface area contributed by atoms with Gasteiger partial charge in [0, 0.05) is 39.4 Å². The van der Waals surface area contributed by atoms with Gasteiger partial charge >= 0.3 is 0 Å². The van der Waals surface area contributed by atoms with E-state index in [1.165, 1.54) is 79.2 Å². The second-order valence-corrected chi connectivity index (χ2v) is 12.1. The molecule has 6 aromatic carbocycles. The Hall–Kier alpha value is -4.82. The normalized spacial score (nSPS) is 16.3. The van der Waals surface area contributed by atoms with Crippen LogP contribution in [0.15, 0.2) is 139 Å². The van der Waals surface area contributed by atoms with Crippen molar-refractivity contribution in [2.75, 3.05) is 9.80 Å². The first kappa shape index (κ1) is 25.9. The molecular weight excluding hydrogens is 520 g/mol. The summed E-state index contributed by atoms with van der Waals surface area (Å²) >= 11 is 0. The molecule has 2 aliphatic rings. The minimum Gasteiger partial charge on any atom is -0.341 e. The molecule has 0 spiro atoms. The minimum absolute atomic E-state index is 0.474. The summed E-state index contributed by atoms with van der Waals surface area (Å²) in [6, 6.07) is 47.2. The SMILES string of the molecule is CC1=CCC(N(C2=c3ccc4ccc(N(c5ccccc5)c5ccccc5)c5ccc(c3c45)CC2)c2ccccc2)CC1. The third-order valence-corrected chi connectivity index (χ3v) is 9.49. The monoisotopic (exact) mass is 556 g/mol. The molecule has 1 unspecified atom stereocenters. The van der Waals surface area contributed by atoms with Crippen LogP contribution in [0, 0.1) is 0 Å². The molecule has 2 nitrogen and oxygen atoms in total. The van der Waals surface area contributed by atoms with Gasteiger partial charge in [0.05, 0.1) is 5.69 Å². The number of allylic oxidation sites excluding steroid dienone is 1. The zero-order valence-electron chi connectivity index (χ0n) is 24.7. The predicted octanol–water partition coefficient (Wildman–Crippen LogP) is 10.2. The lowest BCUT2D eigenvalue weighted by Crippen LogP contribution is -2.39. The molecule has 0 aliphatic heterocycles. The first-order chi connectivity index (χ1) is 21.3. The summed E-state index contributed by atoms with van der Waals surface area (Å²) in [5.41, 5.74) is 9.32. The molecule has 6 aromatic rings. The number of benzene rings is 6. The van der Waals surface area contributed by atoms with E-state index in [1.54, 1.807) is 0 Å². The second-order valence-electron chi connectivity index (χ2n) is 12.1. The van der Waals surface area contributed by atoms with Crippen LogP contribution in [0.25, 0.3) is 27.2 Å². The number of hydrogen-bond acceptors (Lipinski definition) is 2. The molecule has 2 aliphatic carbocycles. The fourth-order valence-corrected chi connectivity index (χ4v) is 7.43. The number of rotatable bonds is 6. The lowest BCUT2D eigenvalue weighted by Gasteiger charge is -2.39. The van der Waals surface area contributed by atoms with Gasteiger partial charge in [0.15, 0.2) is 0 Å². The Labute approximate surface area is 254 Å². The van der Waals surface area contributed by atoms with E-state index in [-0.39, 0.29) is 0 Å². The third kappa shape index (κ3) is 4.49. The smallest absolute Gasteiger partial charge is 0.0540 e. The first-order valence-corrected chi connectivity index (χ1v) is 15.7. The van der Waals surface area contributed by atoms with Gasteiger partial charge in [0.25, 0.3) is 0 Å². The Morgan fingerprint density at radius 3 is 1.88 bits per heavy atom. The summed E-state index contributed by atoms with van der Waals surface area (Å²) in [5.74, 6) is 0. The van der Waals surface area contributed by atoms with Crippen molar-refractivity contribution < 1.29 is 0 Å². The summed E-state index contributed by atoms with van der Waals surface area (Å²) in [6.45, 7) is 2.28. The highest BCUT2D eigenvalue weighted by atomic mass is 15.2. The van der Waals surface area contributed by atoms with Gasteiger partial charge in [0.1, 0.15) is 0 Å². The molecule has 210 valence electrons. The van der Waals surface area contributed by atoms with Crippen LogP contribution in [-0.2, 0) is 6.42 Å². The summed E-state index contributed by atoms with van der Waals surface area (Å²) in [6.07, 6.45) is 8.05. The van der Waals surface area contributed by atoms with Crippen LogP contribution in [0.3, 0.4) is 0 Å². The average molecular weight is 557 g/mol. The van der Waals surface area contributed by atoms with Gasteiger partial charge < -0.3 is 9.80 Å². The van der Waals surface area contributed by atoms with Gasteiger partial charge in [-0.1, -0.05) is 96.6 Å². The number of para-hydroxylation sites is 3. The van der Waals surface area contributed by atoms with Gasteiger partial charge in [-0.15, -0.1) is 0 Å². The number of anilines is 4. The zero-order chi connectivity index (χ0) is 28.8. The van der Waals surface area contributed by atoms with E-state index >= 15 is 0 Å². The fourth-order valence-electron chi connectivity index (χ4n) is 7.43. The molecule has 0 saturated heterocycles. The molecule has 0 heterocycles. The molecule has 1 atom stereocenters. The Kier molecular flexibility index (Phi) is 6.48. The highest BCUT2D eigenvalue weighted by Gasteiger charge is 2.28. The molecule has 0 fully saturated rings. The fraction of sp³-hybridized carbons (Fsp3) is 0.171. The van der Waals surface area contributed by atoms with Crippen molar-refractivity contribution in [2.45, 2.75) is 45.1 Å². The van der Waals surface area contributed by atoms with Crippen LogP contribution in [-0.4, -0.2) is 6.04 Å². The molecule has 43 heavy (non-hydrogen) atoms. The van der Waals surface area contributed by atoms with Crippen molar-refractivity contribution >= 4 is 50.0 Å². The van der Waals surface area contributed by atoms with E-state index < -0.39 is 0 Å². The molecule has 0 N–H and O–H groups in total. The molecular formula is C41H36N2. The van der Waals surface area contributed by atoms with Crippen LogP contribution in [0.5, 0.6) is 0 Å². The van der Waals surface area contributed by atoms with E-state index in [9.17, 15) is 0 Å². The maximum atomic E-state index is 2.69. The van der Waals surface area contributed by atoms with Crippen LogP contribution in [0.1, 0.15) is 38.2 Å². The molecule has 8 rings (SSSR count). The first-order valence-electron chi connectivity index (χ1n) is 15.7. The quantitative estimate of drug-likeness (QED) is 0.188. The highest BCUT2D eigenvalue weighted by Crippen LogP contribution is 2.43. The molecule has 0 bridgehead atoms. The maximum Gasteiger partial charge on any atom is 0.0540 e. The van der Waals surface area contributed by atoms with E-state index in [1.807, 2.05) is 0 Å². The van der Waals surface area contributed by atoms with Crippen LogP contribution >= 0.6 is 0 Å². The van der Waals surface area contributed by atoms with Gasteiger partial charge in [-0.25, -0.2) is 0 Å². The summed E-state index contributed by atoms with van der Waals surface area (Å²) < 4.78 is 0. The minimum atomic E-state index is 0.474. The third-order valence-electron chi connectivity index (χ3n) is 9.49. The second kappa shape index (κ2) is 10.8. The summed E-state index contributed by atoms with van der Waals surface area (Å²) in [4.78, 5) is 5.10. The Morgan fingerprint density at radius 2 is 1.23 bits per heavy atom. The van der Waals surface area contributed by atoms with E-state index in [4.69, 9.17) is 0 Å². The van der Waals surface area contributed by atoms with Crippen LogP contribution in [0.2, 0.25) is 0 Å². The lowest BCUT2D eigenvalue weighted by atomic mass is 9.86. The maximum absolute atomic E-state index is 2.69. The number of nitrogens with zero attached hydrogens (tertiary/aromatic N) is 2. The average Bonchev–Trinajstić information content (AvgIpc) is 3.07. The largest absolute Gasteiger partial charge is 0.341 e. The highest BCUT2D eigenvalue weighted by molar-refractivity contribution is 6.17. The summed E-state index contributed by atoms with van der Waals surface area (Å²) in [7, 11) is 0. The Morgan fingerprint density at radius 1 is 0.581 bits per heavy atom. The summed E-state index contributed by atoms with van der Waals surface area (Å²) in [5, 5.41) is 6.83. The van der Waals surface area contributed by atoms with Gasteiger partial charge in [-0.3, -0.25) is 0 Å². The number of aryl methyl sites for hydroxylation is 1. The molecule has 0 aromatic heterocycles. The molecule has 0 saturated carbocycles.